The van der Waals surface area contributed by atoms with Crippen molar-refractivity contribution in [2.24, 2.45) is 0 Å². The maximum absolute atomic E-state index is 12.9. The highest BCUT2D eigenvalue weighted by Gasteiger charge is 2.06. The first kappa shape index (κ1) is 6.34. The van der Waals surface area contributed by atoms with Crippen molar-refractivity contribution in [2.45, 2.75) is 6.92 Å². The van der Waals surface area contributed by atoms with Crippen molar-refractivity contribution in [3.63, 3.8) is 0 Å². The Labute approximate surface area is 62.7 Å². The number of benzene rings is 1. The Bertz CT molecular complexity index is 358. The lowest BCUT2D eigenvalue weighted by Gasteiger charge is -1.92. The Morgan fingerprint density at radius 2 is 2.27 bits per heavy atom. The van der Waals surface area contributed by atoms with Gasteiger partial charge in [0.25, 0.3) is 0 Å². The van der Waals surface area contributed by atoms with Crippen molar-refractivity contribution in [1.29, 1.82) is 0 Å². The van der Waals surface area contributed by atoms with Crippen LogP contribution in [0.5, 0.6) is 0 Å². The summed E-state index contributed by atoms with van der Waals surface area (Å²) in [5, 5.41) is 0. The zero-order chi connectivity index (χ0) is 7.84. The van der Waals surface area contributed by atoms with Gasteiger partial charge < -0.3 is 4.42 Å². The van der Waals surface area contributed by atoms with Crippen LogP contribution in [0, 0.1) is 12.7 Å². The van der Waals surface area contributed by atoms with Gasteiger partial charge in [0.05, 0.1) is 0 Å². The molecule has 1 heterocycles. The smallest absolute Gasteiger partial charge is 0.190 e. The third-order valence-corrected chi connectivity index (χ3v) is 1.64. The number of fused-ring (bicyclic) bond motifs is 1. The van der Waals surface area contributed by atoms with Crippen LogP contribution in [-0.4, -0.2) is 4.98 Å². The average molecular weight is 151 g/mol. The summed E-state index contributed by atoms with van der Waals surface area (Å²) in [5.74, 6) is -0.358. The minimum atomic E-state index is -0.358. The van der Waals surface area contributed by atoms with Gasteiger partial charge >= 0.3 is 0 Å². The van der Waals surface area contributed by atoms with E-state index in [1.807, 2.05) is 6.92 Å². The van der Waals surface area contributed by atoms with Gasteiger partial charge in [-0.2, -0.15) is 0 Å². The lowest BCUT2D eigenvalue weighted by molar-refractivity contribution is 0.554. The molecule has 3 heteroatoms. The highest BCUT2D eigenvalue weighted by atomic mass is 19.1. The van der Waals surface area contributed by atoms with Gasteiger partial charge in [-0.15, -0.1) is 0 Å². The quantitative estimate of drug-likeness (QED) is 0.577. The van der Waals surface area contributed by atoms with Crippen molar-refractivity contribution in [1.82, 2.24) is 4.98 Å². The van der Waals surface area contributed by atoms with E-state index in [9.17, 15) is 4.39 Å². The Balaban J connectivity index is 2.96. The topological polar surface area (TPSA) is 26.0 Å². The normalized spacial score (nSPS) is 10.7. The summed E-state index contributed by atoms with van der Waals surface area (Å²) in [6.07, 6.45) is 1.25. The minimum Gasteiger partial charge on any atom is -0.440 e. The molecule has 0 aliphatic heterocycles. The van der Waals surface area contributed by atoms with Crippen LogP contribution in [-0.2, 0) is 0 Å². The first-order valence-electron chi connectivity index (χ1n) is 3.27. The summed E-state index contributed by atoms with van der Waals surface area (Å²) in [5.41, 5.74) is 1.77. The Kier molecular flexibility index (Phi) is 1.18. The second kappa shape index (κ2) is 2.05. The van der Waals surface area contributed by atoms with Gasteiger partial charge in [-0.25, -0.2) is 9.37 Å². The Hall–Kier alpha value is -1.38. The molecule has 0 spiro atoms. The van der Waals surface area contributed by atoms with Gasteiger partial charge in [0.15, 0.2) is 17.8 Å². The van der Waals surface area contributed by atoms with Gasteiger partial charge in [0, 0.05) is 0 Å². The molecule has 11 heavy (non-hydrogen) atoms. The van der Waals surface area contributed by atoms with E-state index < -0.39 is 0 Å². The number of aryl methyl sites for hydroxylation is 1. The molecule has 1 aromatic heterocycles. The van der Waals surface area contributed by atoms with Gasteiger partial charge in [-0.1, -0.05) is 6.07 Å². The molecule has 0 amide bonds. The molecule has 1 aromatic carbocycles. The fourth-order valence-corrected chi connectivity index (χ4v) is 1.05. The predicted octanol–water partition coefficient (Wildman–Crippen LogP) is 2.28. The van der Waals surface area contributed by atoms with Crippen LogP contribution in [0.2, 0.25) is 0 Å². The monoisotopic (exact) mass is 151 g/mol. The van der Waals surface area contributed by atoms with E-state index >= 15 is 0 Å². The summed E-state index contributed by atoms with van der Waals surface area (Å²) in [6, 6.07) is 3.06. The van der Waals surface area contributed by atoms with Crippen molar-refractivity contribution in [2.75, 3.05) is 0 Å². The van der Waals surface area contributed by atoms with Crippen LogP contribution in [0.3, 0.4) is 0 Å². The summed E-state index contributed by atoms with van der Waals surface area (Å²) in [4.78, 5) is 3.87. The zero-order valence-corrected chi connectivity index (χ0v) is 5.97. The van der Waals surface area contributed by atoms with E-state index in [0.29, 0.717) is 5.52 Å². The molecule has 0 radical (unpaired) electrons. The summed E-state index contributed by atoms with van der Waals surface area (Å²) in [7, 11) is 0. The van der Waals surface area contributed by atoms with E-state index in [-0.39, 0.29) is 11.4 Å². The molecule has 0 N–H and O–H groups in total. The number of oxazole rings is 1. The lowest BCUT2D eigenvalue weighted by Crippen LogP contribution is -1.79. The molecule has 0 bridgehead atoms. The van der Waals surface area contributed by atoms with Crippen LogP contribution in [0.25, 0.3) is 11.1 Å². The van der Waals surface area contributed by atoms with Crippen LogP contribution >= 0.6 is 0 Å². The van der Waals surface area contributed by atoms with Crippen molar-refractivity contribution < 1.29 is 8.81 Å². The number of rotatable bonds is 0. The number of nitrogens with zero attached hydrogens (tertiary/aromatic N) is 1. The molecule has 0 saturated carbocycles. The largest absolute Gasteiger partial charge is 0.440 e. The first-order valence-corrected chi connectivity index (χ1v) is 3.27. The molecule has 0 aliphatic carbocycles. The third kappa shape index (κ3) is 0.808. The van der Waals surface area contributed by atoms with E-state index in [2.05, 4.69) is 4.98 Å². The molecular weight excluding hydrogens is 145 g/mol. The number of hydrogen-bond donors (Lipinski definition) is 0. The molecule has 0 unspecified atom stereocenters. The predicted molar refractivity (Wildman–Crippen MR) is 38.7 cm³/mol. The number of hydrogen-bond acceptors (Lipinski definition) is 2. The molecule has 0 aliphatic rings. The van der Waals surface area contributed by atoms with Crippen LogP contribution in [0.4, 0.5) is 4.39 Å². The van der Waals surface area contributed by atoms with Crippen molar-refractivity contribution in [3.05, 3.63) is 29.9 Å². The second-order valence-corrected chi connectivity index (χ2v) is 2.39. The standard InChI is InChI=1S/C8H6FNO/c1-5-2-3-6(9)8-7(5)10-4-11-8/h2-4H,1H3. The number of aromatic nitrogens is 1. The van der Waals surface area contributed by atoms with E-state index in [0.717, 1.165) is 5.56 Å². The average Bonchev–Trinajstić information content (AvgIpc) is 2.45. The molecule has 2 aromatic rings. The van der Waals surface area contributed by atoms with Gasteiger partial charge in [0.1, 0.15) is 5.52 Å². The molecule has 0 fully saturated rings. The van der Waals surface area contributed by atoms with Crippen molar-refractivity contribution in [3.8, 4) is 0 Å². The summed E-state index contributed by atoms with van der Waals surface area (Å²) < 4.78 is 17.7. The molecule has 2 nitrogen and oxygen atoms in total. The highest BCUT2D eigenvalue weighted by molar-refractivity contribution is 5.76. The van der Waals surface area contributed by atoms with Crippen molar-refractivity contribution >= 4 is 11.1 Å². The van der Waals surface area contributed by atoms with Gasteiger partial charge in [0.2, 0.25) is 0 Å². The maximum atomic E-state index is 12.9. The van der Waals surface area contributed by atoms with E-state index in [4.69, 9.17) is 4.42 Å². The highest BCUT2D eigenvalue weighted by Crippen LogP contribution is 2.19. The first-order chi connectivity index (χ1) is 5.29. The zero-order valence-electron chi connectivity index (χ0n) is 5.97. The fraction of sp³-hybridized carbons (Fsp3) is 0.125. The third-order valence-electron chi connectivity index (χ3n) is 1.64. The second-order valence-electron chi connectivity index (χ2n) is 2.39. The molecule has 2 rings (SSSR count). The van der Waals surface area contributed by atoms with E-state index in [1.165, 1.54) is 12.5 Å². The fourth-order valence-electron chi connectivity index (χ4n) is 1.05. The van der Waals surface area contributed by atoms with Gasteiger partial charge in [-0.05, 0) is 18.6 Å². The van der Waals surface area contributed by atoms with Crippen LogP contribution in [0.15, 0.2) is 22.9 Å². The van der Waals surface area contributed by atoms with Crippen LogP contribution in [0.1, 0.15) is 5.56 Å². The van der Waals surface area contributed by atoms with Crippen LogP contribution < -0.4 is 0 Å². The summed E-state index contributed by atoms with van der Waals surface area (Å²) >= 11 is 0. The molecule has 0 saturated heterocycles. The van der Waals surface area contributed by atoms with E-state index in [1.54, 1.807) is 6.07 Å². The maximum Gasteiger partial charge on any atom is 0.190 e. The Morgan fingerprint density at radius 1 is 1.45 bits per heavy atom. The van der Waals surface area contributed by atoms with Gasteiger partial charge in [-0.3, -0.25) is 0 Å². The lowest BCUT2D eigenvalue weighted by atomic mass is 10.2. The summed E-state index contributed by atoms with van der Waals surface area (Å²) in [6.45, 7) is 1.87. The Morgan fingerprint density at radius 3 is 3.00 bits per heavy atom. The number of halogens is 1. The minimum absolute atomic E-state index is 0.241. The SMILES string of the molecule is Cc1ccc(F)c2ocnc12. The molecule has 56 valence electrons. The molecule has 0 atom stereocenters. The molecular formula is C8H6FNO.